The number of hydrogen-bond acceptors (Lipinski definition) is 5. The van der Waals surface area contributed by atoms with E-state index in [1.54, 1.807) is 12.4 Å². The molecule has 0 spiro atoms. The Labute approximate surface area is 118 Å². The molecule has 0 aliphatic carbocycles. The number of nitrogens with zero attached hydrogens (tertiary/aromatic N) is 3. The predicted molar refractivity (Wildman–Crippen MR) is 78.6 cm³/mol. The van der Waals surface area contributed by atoms with Crippen LogP contribution in [0.4, 0.5) is 5.82 Å². The van der Waals surface area contributed by atoms with Crippen molar-refractivity contribution in [2.24, 2.45) is 0 Å². The summed E-state index contributed by atoms with van der Waals surface area (Å²) in [5.74, 6) is 1.71. The van der Waals surface area contributed by atoms with E-state index in [9.17, 15) is 4.79 Å². The summed E-state index contributed by atoms with van der Waals surface area (Å²) in [4.78, 5) is 22.6. The molecule has 1 unspecified atom stereocenters. The maximum absolute atomic E-state index is 12.3. The number of carbonyl (C=O) groups excluding carboxylic acids is 1. The molecule has 6 heteroatoms. The Morgan fingerprint density at radius 1 is 1.53 bits per heavy atom. The van der Waals surface area contributed by atoms with Crippen molar-refractivity contribution in [3.8, 4) is 0 Å². The van der Waals surface area contributed by atoms with Gasteiger partial charge in [-0.25, -0.2) is 9.97 Å². The third-order valence-corrected chi connectivity index (χ3v) is 4.09. The van der Waals surface area contributed by atoms with Crippen LogP contribution in [0, 0.1) is 0 Å². The van der Waals surface area contributed by atoms with Gasteiger partial charge in [-0.1, -0.05) is 13.8 Å². The average molecular weight is 280 g/mol. The first-order valence-corrected chi connectivity index (χ1v) is 7.72. The smallest absolute Gasteiger partial charge is 0.274 e. The first kappa shape index (κ1) is 14.1. The highest BCUT2D eigenvalue weighted by Gasteiger charge is 2.23. The second-order valence-electron chi connectivity index (χ2n) is 4.65. The van der Waals surface area contributed by atoms with E-state index < -0.39 is 0 Å². The topological polar surface area (TPSA) is 58.1 Å². The molecular weight excluding hydrogens is 260 g/mol. The maximum atomic E-state index is 12.3. The molecule has 104 valence electrons. The van der Waals surface area contributed by atoms with Crippen LogP contribution in [0.15, 0.2) is 12.4 Å². The predicted octanol–water partition coefficient (Wildman–Crippen LogP) is 1.88. The first-order chi connectivity index (χ1) is 9.20. The summed E-state index contributed by atoms with van der Waals surface area (Å²) in [7, 11) is 0. The molecule has 0 aromatic carbocycles. The lowest BCUT2D eigenvalue weighted by molar-refractivity contribution is 0.0757. The van der Waals surface area contributed by atoms with Gasteiger partial charge in [0.25, 0.3) is 5.91 Å². The van der Waals surface area contributed by atoms with Gasteiger partial charge < -0.3 is 10.2 Å². The van der Waals surface area contributed by atoms with Crippen LogP contribution < -0.4 is 5.32 Å². The van der Waals surface area contributed by atoms with Gasteiger partial charge in [0.2, 0.25) is 0 Å². The Kier molecular flexibility index (Phi) is 5.01. The minimum absolute atomic E-state index is 0.0123. The second kappa shape index (κ2) is 6.75. The Bertz CT molecular complexity index is 423. The number of nitrogens with one attached hydrogen (secondary N) is 1. The van der Waals surface area contributed by atoms with Crippen molar-refractivity contribution in [3.63, 3.8) is 0 Å². The van der Waals surface area contributed by atoms with E-state index in [1.165, 1.54) is 0 Å². The van der Waals surface area contributed by atoms with Gasteiger partial charge in [0.05, 0.1) is 12.4 Å². The lowest BCUT2D eigenvalue weighted by Gasteiger charge is -2.30. The molecule has 2 heterocycles. The number of amides is 1. The number of anilines is 1. The van der Waals surface area contributed by atoms with Crippen LogP contribution in [0.25, 0.3) is 0 Å². The molecular formula is C13H20N4OS. The number of thioether (sulfide) groups is 1. The zero-order valence-corrected chi connectivity index (χ0v) is 12.2. The van der Waals surface area contributed by atoms with Crippen molar-refractivity contribution < 1.29 is 4.79 Å². The van der Waals surface area contributed by atoms with Crippen molar-refractivity contribution in [3.05, 3.63) is 18.1 Å². The highest BCUT2D eigenvalue weighted by Crippen LogP contribution is 2.19. The molecule has 2 rings (SSSR count). The largest absolute Gasteiger partial charge is 0.369 e. The molecule has 1 fully saturated rings. The summed E-state index contributed by atoms with van der Waals surface area (Å²) in [6.07, 6.45) is 4.23. The SMILES string of the molecule is CCCNc1cnc(C(=O)N2CCSC(C)C2)cn1. The summed E-state index contributed by atoms with van der Waals surface area (Å²) < 4.78 is 0. The van der Waals surface area contributed by atoms with Crippen LogP contribution in [-0.2, 0) is 0 Å². The maximum Gasteiger partial charge on any atom is 0.274 e. The van der Waals surface area contributed by atoms with E-state index in [1.807, 2.05) is 16.7 Å². The highest BCUT2D eigenvalue weighted by molar-refractivity contribution is 7.99. The fourth-order valence-electron chi connectivity index (χ4n) is 1.95. The van der Waals surface area contributed by atoms with E-state index >= 15 is 0 Å². The van der Waals surface area contributed by atoms with E-state index in [2.05, 4.69) is 29.1 Å². The van der Waals surface area contributed by atoms with Gasteiger partial charge >= 0.3 is 0 Å². The standard InChI is InChI=1S/C13H20N4OS/c1-3-4-14-12-8-15-11(7-16-12)13(18)17-5-6-19-10(2)9-17/h7-8,10H,3-6,9H2,1-2H3,(H,14,16). The molecule has 1 aromatic rings. The third kappa shape index (κ3) is 3.83. The van der Waals surface area contributed by atoms with E-state index in [4.69, 9.17) is 0 Å². The normalized spacial score (nSPS) is 19.3. The molecule has 1 atom stereocenters. The van der Waals surface area contributed by atoms with Gasteiger partial charge in [-0.3, -0.25) is 4.79 Å². The summed E-state index contributed by atoms with van der Waals surface area (Å²) in [5.41, 5.74) is 0.432. The lowest BCUT2D eigenvalue weighted by atomic mass is 10.3. The first-order valence-electron chi connectivity index (χ1n) is 6.67. The van der Waals surface area contributed by atoms with Gasteiger partial charge in [0.1, 0.15) is 11.5 Å². The Balaban J connectivity index is 1.98. The summed E-state index contributed by atoms with van der Waals surface area (Å²) >= 11 is 1.91. The Morgan fingerprint density at radius 3 is 3.00 bits per heavy atom. The van der Waals surface area contributed by atoms with E-state index in [0.29, 0.717) is 10.9 Å². The minimum atomic E-state index is -0.0123. The molecule has 0 bridgehead atoms. The average Bonchev–Trinajstić information content (AvgIpc) is 2.45. The zero-order valence-electron chi connectivity index (χ0n) is 11.4. The summed E-state index contributed by atoms with van der Waals surface area (Å²) in [6.45, 7) is 6.69. The highest BCUT2D eigenvalue weighted by atomic mass is 32.2. The molecule has 19 heavy (non-hydrogen) atoms. The van der Waals surface area contributed by atoms with Gasteiger partial charge in [-0.2, -0.15) is 11.8 Å². The van der Waals surface area contributed by atoms with Crippen LogP contribution in [-0.4, -0.2) is 51.4 Å². The zero-order chi connectivity index (χ0) is 13.7. The van der Waals surface area contributed by atoms with Crippen molar-refractivity contribution in [2.45, 2.75) is 25.5 Å². The van der Waals surface area contributed by atoms with E-state index in [-0.39, 0.29) is 5.91 Å². The molecule has 5 nitrogen and oxygen atoms in total. The monoisotopic (exact) mass is 280 g/mol. The quantitative estimate of drug-likeness (QED) is 0.912. The van der Waals surface area contributed by atoms with Crippen LogP contribution in [0.1, 0.15) is 30.8 Å². The van der Waals surface area contributed by atoms with Gasteiger partial charge in [0, 0.05) is 30.6 Å². The van der Waals surface area contributed by atoms with Crippen molar-refractivity contribution in [1.29, 1.82) is 0 Å². The Hall–Kier alpha value is -1.30. The second-order valence-corrected chi connectivity index (χ2v) is 6.19. The molecule has 1 aliphatic heterocycles. The van der Waals surface area contributed by atoms with Crippen LogP contribution in [0.5, 0.6) is 0 Å². The van der Waals surface area contributed by atoms with Gasteiger partial charge in [0.15, 0.2) is 0 Å². The molecule has 1 amide bonds. The van der Waals surface area contributed by atoms with Crippen molar-refractivity contribution in [2.75, 3.05) is 30.7 Å². The molecule has 0 saturated carbocycles. The number of rotatable bonds is 4. The fourth-order valence-corrected chi connectivity index (χ4v) is 2.96. The van der Waals surface area contributed by atoms with Crippen LogP contribution in [0.2, 0.25) is 0 Å². The lowest BCUT2D eigenvalue weighted by Crippen LogP contribution is -2.41. The summed E-state index contributed by atoms with van der Waals surface area (Å²) in [5, 5.41) is 3.64. The van der Waals surface area contributed by atoms with Crippen LogP contribution >= 0.6 is 11.8 Å². The Morgan fingerprint density at radius 2 is 2.37 bits per heavy atom. The summed E-state index contributed by atoms with van der Waals surface area (Å²) in [6, 6.07) is 0. The molecule has 0 radical (unpaired) electrons. The van der Waals surface area contributed by atoms with Crippen LogP contribution in [0.3, 0.4) is 0 Å². The number of carbonyl (C=O) groups is 1. The molecule has 1 aromatic heterocycles. The number of aromatic nitrogens is 2. The minimum Gasteiger partial charge on any atom is -0.369 e. The molecule has 1 aliphatic rings. The molecule has 1 saturated heterocycles. The molecule has 1 N–H and O–H groups in total. The van der Waals surface area contributed by atoms with Gasteiger partial charge in [-0.05, 0) is 6.42 Å². The van der Waals surface area contributed by atoms with Gasteiger partial charge in [-0.15, -0.1) is 0 Å². The van der Waals surface area contributed by atoms with E-state index in [0.717, 1.165) is 37.6 Å². The number of hydrogen-bond donors (Lipinski definition) is 1. The van der Waals surface area contributed by atoms with Crippen molar-refractivity contribution in [1.82, 2.24) is 14.9 Å². The van der Waals surface area contributed by atoms with Crippen molar-refractivity contribution >= 4 is 23.5 Å². The third-order valence-electron chi connectivity index (χ3n) is 2.96. The fraction of sp³-hybridized carbons (Fsp3) is 0.615.